The Hall–Kier alpha value is -1.02. The van der Waals surface area contributed by atoms with Crippen molar-refractivity contribution in [3.63, 3.8) is 0 Å². The minimum absolute atomic E-state index is 0.549. The molecule has 1 aromatic rings. The van der Waals surface area contributed by atoms with E-state index in [1.165, 1.54) is 25.7 Å². The highest BCUT2D eigenvalue weighted by Crippen LogP contribution is 2.38. The molecule has 2 bridgehead atoms. The van der Waals surface area contributed by atoms with Gasteiger partial charge >= 0.3 is 0 Å². The third kappa shape index (κ3) is 2.47. The Morgan fingerprint density at radius 2 is 2.29 bits per heavy atom. The molecule has 0 saturated heterocycles. The van der Waals surface area contributed by atoms with Crippen molar-refractivity contribution >= 4 is 0 Å². The van der Waals surface area contributed by atoms with Crippen LogP contribution in [0.4, 0.5) is 0 Å². The van der Waals surface area contributed by atoms with Crippen molar-refractivity contribution < 1.29 is 4.42 Å². The first kappa shape index (κ1) is 11.1. The Kier molecular flexibility index (Phi) is 3.06. The Morgan fingerprint density at radius 3 is 3.12 bits per heavy atom. The number of hydrogen-bond donors (Lipinski definition) is 1. The first-order chi connectivity index (χ1) is 8.31. The van der Waals surface area contributed by atoms with Gasteiger partial charge in [0.2, 0.25) is 0 Å². The second kappa shape index (κ2) is 4.69. The summed E-state index contributed by atoms with van der Waals surface area (Å²) in [4.78, 5) is 0. The summed E-state index contributed by atoms with van der Waals surface area (Å²) < 4.78 is 5.60. The number of hydrogen-bond acceptors (Lipinski definition) is 2. The fourth-order valence-corrected chi connectivity index (χ4v) is 3.26. The van der Waals surface area contributed by atoms with Crippen molar-refractivity contribution in [1.82, 2.24) is 5.32 Å². The zero-order valence-electron chi connectivity index (χ0n) is 10.5. The Morgan fingerprint density at radius 1 is 1.35 bits per heavy atom. The summed E-state index contributed by atoms with van der Waals surface area (Å²) in [5.74, 6) is 3.84. The molecule has 3 rings (SSSR count). The number of nitrogens with one attached hydrogen (secondary N) is 1. The molecular formula is C15H21NO. The van der Waals surface area contributed by atoms with Gasteiger partial charge in [-0.05, 0) is 56.6 Å². The van der Waals surface area contributed by atoms with Crippen molar-refractivity contribution in [1.29, 1.82) is 0 Å². The Bertz CT molecular complexity index is 407. The average Bonchev–Trinajstić information content (AvgIpc) is 2.85. The summed E-state index contributed by atoms with van der Waals surface area (Å²) in [5, 5.41) is 3.64. The number of rotatable bonds is 3. The molecule has 2 nitrogen and oxygen atoms in total. The topological polar surface area (TPSA) is 25.2 Å². The molecule has 92 valence electrons. The zero-order chi connectivity index (χ0) is 11.7. The quantitative estimate of drug-likeness (QED) is 0.806. The molecule has 2 heteroatoms. The van der Waals surface area contributed by atoms with Gasteiger partial charge in [0.25, 0.3) is 0 Å². The van der Waals surface area contributed by atoms with Gasteiger partial charge in [0.1, 0.15) is 11.5 Å². The minimum Gasteiger partial charge on any atom is -0.465 e. The van der Waals surface area contributed by atoms with Crippen molar-refractivity contribution in [3.05, 3.63) is 35.8 Å². The molecule has 0 spiro atoms. The lowest BCUT2D eigenvalue weighted by atomic mass is 9.98. The molecule has 0 radical (unpaired) electrons. The molecule has 1 aromatic heterocycles. The maximum atomic E-state index is 5.60. The van der Waals surface area contributed by atoms with Crippen LogP contribution in [0, 0.1) is 18.8 Å². The molecule has 1 heterocycles. The smallest absolute Gasteiger partial charge is 0.117 e. The van der Waals surface area contributed by atoms with Crippen LogP contribution >= 0.6 is 0 Å². The third-order valence-electron chi connectivity index (χ3n) is 4.21. The molecule has 0 amide bonds. The fraction of sp³-hybridized carbons (Fsp3) is 0.600. The largest absolute Gasteiger partial charge is 0.465 e. The van der Waals surface area contributed by atoms with Crippen LogP contribution in [0.3, 0.4) is 0 Å². The number of fused-ring (bicyclic) bond motifs is 2. The Balaban J connectivity index is 1.60. The van der Waals surface area contributed by atoms with E-state index in [4.69, 9.17) is 4.42 Å². The molecule has 17 heavy (non-hydrogen) atoms. The second-order valence-corrected chi connectivity index (χ2v) is 5.52. The van der Waals surface area contributed by atoms with E-state index in [0.29, 0.717) is 6.04 Å². The van der Waals surface area contributed by atoms with E-state index in [2.05, 4.69) is 23.5 Å². The van der Waals surface area contributed by atoms with Crippen molar-refractivity contribution in [2.45, 2.75) is 45.2 Å². The molecule has 2 aliphatic rings. The van der Waals surface area contributed by atoms with Crippen LogP contribution in [0.2, 0.25) is 0 Å². The van der Waals surface area contributed by atoms with Crippen LogP contribution in [0.1, 0.15) is 37.2 Å². The van der Waals surface area contributed by atoms with E-state index in [0.717, 1.165) is 29.9 Å². The van der Waals surface area contributed by atoms with Crippen molar-refractivity contribution in [3.8, 4) is 0 Å². The Labute approximate surface area is 103 Å². The molecule has 3 unspecified atom stereocenters. The van der Waals surface area contributed by atoms with Crippen molar-refractivity contribution in [2.75, 3.05) is 0 Å². The minimum atomic E-state index is 0.549. The molecule has 1 saturated carbocycles. The van der Waals surface area contributed by atoms with Gasteiger partial charge in [0.05, 0.1) is 6.54 Å². The van der Waals surface area contributed by atoms with Crippen LogP contribution in [0.15, 0.2) is 28.7 Å². The van der Waals surface area contributed by atoms with Crippen LogP contribution in [0.5, 0.6) is 0 Å². The zero-order valence-corrected chi connectivity index (χ0v) is 10.5. The lowest BCUT2D eigenvalue weighted by molar-refractivity contribution is 0.381. The number of allylic oxidation sites excluding steroid dienone is 1. The highest BCUT2D eigenvalue weighted by Gasteiger charge is 2.30. The van der Waals surface area contributed by atoms with E-state index in [1.807, 2.05) is 13.0 Å². The van der Waals surface area contributed by atoms with Gasteiger partial charge in [0.15, 0.2) is 0 Å². The first-order valence-electron chi connectivity index (χ1n) is 6.76. The normalized spacial score (nSPS) is 31.7. The molecule has 0 aliphatic heterocycles. The highest BCUT2D eigenvalue weighted by molar-refractivity contribution is 5.08. The lowest BCUT2D eigenvalue weighted by Gasteiger charge is -2.20. The molecule has 0 aromatic carbocycles. The van der Waals surface area contributed by atoms with E-state index in [9.17, 15) is 0 Å². The number of furan rings is 1. The second-order valence-electron chi connectivity index (χ2n) is 5.52. The first-order valence-corrected chi connectivity index (χ1v) is 6.76. The van der Waals surface area contributed by atoms with Crippen LogP contribution in [0.25, 0.3) is 0 Å². The molecule has 3 atom stereocenters. The van der Waals surface area contributed by atoms with Crippen LogP contribution in [-0.2, 0) is 6.54 Å². The predicted octanol–water partition coefficient (Wildman–Crippen LogP) is 3.42. The summed E-state index contributed by atoms with van der Waals surface area (Å²) in [6.45, 7) is 2.85. The highest BCUT2D eigenvalue weighted by atomic mass is 16.3. The summed E-state index contributed by atoms with van der Waals surface area (Å²) >= 11 is 0. The monoisotopic (exact) mass is 231 g/mol. The third-order valence-corrected chi connectivity index (χ3v) is 4.21. The van der Waals surface area contributed by atoms with Gasteiger partial charge in [-0.25, -0.2) is 0 Å². The lowest BCUT2D eigenvalue weighted by Crippen LogP contribution is -2.32. The van der Waals surface area contributed by atoms with Crippen LogP contribution < -0.4 is 5.32 Å². The summed E-state index contributed by atoms with van der Waals surface area (Å²) in [5.41, 5.74) is 0. The number of aryl methyl sites for hydroxylation is 1. The van der Waals surface area contributed by atoms with Gasteiger partial charge in [-0.2, -0.15) is 0 Å². The maximum Gasteiger partial charge on any atom is 0.117 e. The van der Waals surface area contributed by atoms with E-state index in [1.54, 1.807) is 0 Å². The predicted molar refractivity (Wildman–Crippen MR) is 68.7 cm³/mol. The molecular weight excluding hydrogens is 210 g/mol. The van der Waals surface area contributed by atoms with Gasteiger partial charge in [-0.3, -0.25) is 0 Å². The van der Waals surface area contributed by atoms with Crippen molar-refractivity contribution in [2.24, 2.45) is 11.8 Å². The summed E-state index contributed by atoms with van der Waals surface area (Å²) in [6.07, 6.45) is 10.3. The fourth-order valence-electron chi connectivity index (χ4n) is 3.26. The molecule has 1 N–H and O–H groups in total. The van der Waals surface area contributed by atoms with E-state index >= 15 is 0 Å². The average molecular weight is 231 g/mol. The van der Waals surface area contributed by atoms with Gasteiger partial charge in [-0.15, -0.1) is 0 Å². The summed E-state index contributed by atoms with van der Waals surface area (Å²) in [6, 6.07) is 4.65. The molecule has 2 aliphatic carbocycles. The molecule has 1 fully saturated rings. The van der Waals surface area contributed by atoms with E-state index < -0.39 is 0 Å². The van der Waals surface area contributed by atoms with Crippen LogP contribution in [-0.4, -0.2) is 6.04 Å². The summed E-state index contributed by atoms with van der Waals surface area (Å²) in [7, 11) is 0. The van der Waals surface area contributed by atoms with E-state index in [-0.39, 0.29) is 0 Å². The maximum absolute atomic E-state index is 5.60. The van der Waals surface area contributed by atoms with Gasteiger partial charge < -0.3 is 9.73 Å². The van der Waals surface area contributed by atoms with Gasteiger partial charge in [-0.1, -0.05) is 12.2 Å². The van der Waals surface area contributed by atoms with Gasteiger partial charge in [0, 0.05) is 6.04 Å². The standard InChI is InChI=1S/C15H21NO/c1-11-5-8-14(17-11)10-16-15-4-2-3-12-6-7-13(15)9-12/h2,4-5,8,12-13,15-16H,3,6-7,9-10H2,1H3. The SMILES string of the molecule is Cc1ccc(CNC2C=CCC3CCC2C3)o1.